The summed E-state index contributed by atoms with van der Waals surface area (Å²) in [7, 11) is 0. The molecular weight excluding hydrogens is 272 g/mol. The number of esters is 1. The molecule has 0 saturated heterocycles. The van der Waals surface area contributed by atoms with Crippen molar-refractivity contribution in [1.82, 2.24) is 0 Å². The lowest BCUT2D eigenvalue weighted by Gasteiger charge is -2.06. The van der Waals surface area contributed by atoms with Crippen LogP contribution in [0.3, 0.4) is 0 Å². The van der Waals surface area contributed by atoms with Crippen LogP contribution in [0.5, 0.6) is 0 Å². The lowest BCUT2D eigenvalue weighted by atomic mass is 10.1. The molecule has 0 spiro atoms. The Bertz CT molecular complexity index is 278. The first-order valence-electron chi connectivity index (χ1n) is 8.14. The summed E-state index contributed by atoms with van der Waals surface area (Å²) < 4.78 is 4.87. The minimum Gasteiger partial charge on any atom is -0.479 e. The van der Waals surface area contributed by atoms with Gasteiger partial charge in [0.1, 0.15) is 0 Å². The lowest BCUT2D eigenvalue weighted by Crippen LogP contribution is -2.24. The van der Waals surface area contributed by atoms with Crippen molar-refractivity contribution in [3.05, 3.63) is 0 Å². The minimum absolute atomic E-state index is 0.307. The predicted octanol–water partition coefficient (Wildman–Crippen LogP) is 3.29. The summed E-state index contributed by atoms with van der Waals surface area (Å²) in [6.07, 6.45) is 9.90. The monoisotopic (exact) mass is 302 g/mol. The highest BCUT2D eigenvalue weighted by atomic mass is 16.5. The van der Waals surface area contributed by atoms with E-state index in [2.05, 4.69) is 6.92 Å². The van der Waals surface area contributed by atoms with Crippen molar-refractivity contribution < 1.29 is 24.5 Å². The summed E-state index contributed by atoms with van der Waals surface area (Å²) in [5.41, 5.74) is 0. The third-order valence-corrected chi connectivity index (χ3v) is 3.41. The van der Waals surface area contributed by atoms with Gasteiger partial charge >= 0.3 is 11.9 Å². The molecule has 0 aromatic carbocycles. The van der Waals surface area contributed by atoms with Crippen LogP contribution >= 0.6 is 0 Å². The van der Waals surface area contributed by atoms with E-state index in [9.17, 15) is 9.59 Å². The molecule has 0 aliphatic heterocycles. The fraction of sp³-hybridized carbons (Fsp3) is 0.875. The van der Waals surface area contributed by atoms with Gasteiger partial charge in [-0.1, -0.05) is 64.7 Å². The van der Waals surface area contributed by atoms with Crippen molar-refractivity contribution in [2.24, 2.45) is 0 Å². The van der Waals surface area contributed by atoms with Crippen LogP contribution in [-0.2, 0) is 14.3 Å². The topological polar surface area (TPSA) is 83.8 Å². The Hall–Kier alpha value is -1.10. The van der Waals surface area contributed by atoms with E-state index in [1.807, 2.05) is 0 Å². The van der Waals surface area contributed by atoms with E-state index in [1.165, 1.54) is 44.9 Å². The van der Waals surface area contributed by atoms with E-state index >= 15 is 0 Å². The number of aliphatic hydroxyl groups is 1. The maximum absolute atomic E-state index is 11.2. The van der Waals surface area contributed by atoms with Gasteiger partial charge in [-0.25, -0.2) is 4.79 Å². The van der Waals surface area contributed by atoms with Gasteiger partial charge in [-0.15, -0.1) is 0 Å². The van der Waals surface area contributed by atoms with Gasteiger partial charge in [-0.2, -0.15) is 0 Å². The van der Waals surface area contributed by atoms with Gasteiger partial charge in [0.15, 0.2) is 6.10 Å². The van der Waals surface area contributed by atoms with Crippen molar-refractivity contribution in [1.29, 1.82) is 0 Å². The molecule has 0 amide bonds. The second kappa shape index (κ2) is 13.9. The largest absolute Gasteiger partial charge is 0.479 e. The Balaban J connectivity index is 3.25. The smallest absolute Gasteiger partial charge is 0.333 e. The quantitative estimate of drug-likeness (QED) is 0.380. The molecule has 0 aliphatic rings. The zero-order chi connectivity index (χ0) is 15.9. The summed E-state index contributed by atoms with van der Waals surface area (Å²) in [6.45, 7) is 2.52. The molecule has 0 aliphatic carbocycles. The Morgan fingerprint density at radius 3 is 1.86 bits per heavy atom. The summed E-state index contributed by atoms with van der Waals surface area (Å²) in [5.74, 6) is -2.05. The van der Waals surface area contributed by atoms with Crippen LogP contribution in [0.15, 0.2) is 0 Å². The zero-order valence-electron chi connectivity index (χ0n) is 13.2. The third-order valence-electron chi connectivity index (χ3n) is 3.41. The molecule has 0 rings (SSSR count). The van der Waals surface area contributed by atoms with Gasteiger partial charge in [-0.05, 0) is 6.42 Å². The van der Waals surface area contributed by atoms with Gasteiger partial charge in [0.2, 0.25) is 0 Å². The van der Waals surface area contributed by atoms with Crippen molar-refractivity contribution >= 4 is 11.9 Å². The van der Waals surface area contributed by atoms with Crippen LogP contribution in [0, 0.1) is 0 Å². The average molecular weight is 302 g/mol. The molecule has 0 radical (unpaired) electrons. The first-order chi connectivity index (χ1) is 10.1. The first-order valence-corrected chi connectivity index (χ1v) is 8.14. The van der Waals surface area contributed by atoms with Gasteiger partial charge in [0.05, 0.1) is 13.0 Å². The molecule has 21 heavy (non-hydrogen) atoms. The first kappa shape index (κ1) is 19.9. The molecule has 0 bridgehead atoms. The maximum Gasteiger partial charge on any atom is 0.333 e. The van der Waals surface area contributed by atoms with E-state index in [1.54, 1.807) is 0 Å². The van der Waals surface area contributed by atoms with Crippen molar-refractivity contribution in [2.75, 3.05) is 6.61 Å². The maximum atomic E-state index is 11.2. The number of hydrogen-bond acceptors (Lipinski definition) is 4. The molecule has 0 saturated carbocycles. The van der Waals surface area contributed by atoms with Gasteiger partial charge < -0.3 is 14.9 Å². The van der Waals surface area contributed by atoms with Crippen LogP contribution in [-0.4, -0.2) is 34.9 Å². The molecule has 0 fully saturated rings. The molecule has 0 heterocycles. The average Bonchev–Trinajstić information content (AvgIpc) is 2.44. The van der Waals surface area contributed by atoms with Crippen molar-refractivity contribution in [3.8, 4) is 0 Å². The van der Waals surface area contributed by atoms with E-state index in [0.717, 1.165) is 19.3 Å². The van der Waals surface area contributed by atoms with Crippen molar-refractivity contribution in [3.63, 3.8) is 0 Å². The highest BCUT2D eigenvalue weighted by molar-refractivity contribution is 5.80. The Morgan fingerprint density at radius 1 is 0.905 bits per heavy atom. The lowest BCUT2D eigenvalue weighted by molar-refractivity contribution is -0.155. The number of unbranched alkanes of at least 4 members (excludes halogenated alkanes) is 9. The Morgan fingerprint density at radius 2 is 1.38 bits per heavy atom. The molecule has 5 heteroatoms. The van der Waals surface area contributed by atoms with E-state index < -0.39 is 24.5 Å². The van der Waals surface area contributed by atoms with Crippen LogP contribution in [0.25, 0.3) is 0 Å². The molecule has 5 nitrogen and oxygen atoms in total. The van der Waals surface area contributed by atoms with Crippen LogP contribution in [0.2, 0.25) is 0 Å². The van der Waals surface area contributed by atoms with Gasteiger partial charge in [-0.3, -0.25) is 4.79 Å². The molecule has 1 atom stereocenters. The zero-order valence-corrected chi connectivity index (χ0v) is 13.2. The molecule has 124 valence electrons. The molecule has 2 N–H and O–H groups in total. The fourth-order valence-electron chi connectivity index (χ4n) is 2.08. The number of ether oxygens (including phenoxy) is 1. The molecular formula is C16H30O5. The summed E-state index contributed by atoms with van der Waals surface area (Å²) in [6, 6.07) is 0. The molecule has 1 unspecified atom stereocenters. The SMILES string of the molecule is CCCCCCCCCCCCOC(=O)CC(O)C(=O)O. The number of aliphatic carboxylic acids is 1. The van der Waals surface area contributed by atoms with Gasteiger partial charge in [0, 0.05) is 0 Å². The summed E-state index contributed by atoms with van der Waals surface area (Å²) >= 11 is 0. The van der Waals surface area contributed by atoms with Crippen LogP contribution in [0.1, 0.15) is 77.6 Å². The summed E-state index contributed by atoms with van der Waals surface area (Å²) in [5, 5.41) is 17.4. The third kappa shape index (κ3) is 13.6. The second-order valence-corrected chi connectivity index (χ2v) is 5.46. The van der Waals surface area contributed by atoms with Crippen LogP contribution < -0.4 is 0 Å². The van der Waals surface area contributed by atoms with Gasteiger partial charge in [0.25, 0.3) is 0 Å². The number of carbonyl (C=O) groups is 2. The van der Waals surface area contributed by atoms with Crippen LogP contribution in [0.4, 0.5) is 0 Å². The van der Waals surface area contributed by atoms with Crippen molar-refractivity contribution in [2.45, 2.75) is 83.7 Å². The summed E-state index contributed by atoms with van der Waals surface area (Å²) in [4.78, 5) is 21.5. The normalized spacial score (nSPS) is 12.1. The molecule has 0 aromatic heterocycles. The number of carbonyl (C=O) groups excluding carboxylic acids is 1. The number of carboxylic acids is 1. The standard InChI is InChI=1S/C16H30O5/c1-2-3-4-5-6-7-8-9-10-11-12-21-15(18)13-14(17)16(19)20/h14,17H,2-13H2,1H3,(H,19,20). The minimum atomic E-state index is -1.66. The fourth-order valence-corrected chi connectivity index (χ4v) is 2.08. The second-order valence-electron chi connectivity index (χ2n) is 5.46. The number of hydrogen-bond donors (Lipinski definition) is 2. The number of aliphatic hydroxyl groups excluding tert-OH is 1. The van der Waals surface area contributed by atoms with E-state index in [0.29, 0.717) is 6.61 Å². The Kier molecular flexibility index (Phi) is 13.1. The predicted molar refractivity (Wildman–Crippen MR) is 81.1 cm³/mol. The number of carboxylic acid groups (broad SMARTS) is 1. The number of rotatable bonds is 14. The van der Waals surface area contributed by atoms with E-state index in [4.69, 9.17) is 14.9 Å². The Labute approximate surface area is 127 Å². The molecule has 0 aromatic rings. The highest BCUT2D eigenvalue weighted by Crippen LogP contribution is 2.10. The highest BCUT2D eigenvalue weighted by Gasteiger charge is 2.18. The van der Waals surface area contributed by atoms with E-state index in [-0.39, 0.29) is 0 Å².